The number of hydrogen-bond donors (Lipinski definition) is 2. The van der Waals surface area contributed by atoms with Gasteiger partial charge in [-0.25, -0.2) is 4.98 Å². The van der Waals surface area contributed by atoms with E-state index in [-0.39, 0.29) is 17.9 Å². The minimum atomic E-state index is 0.0188. The van der Waals surface area contributed by atoms with Crippen molar-refractivity contribution in [3.8, 4) is 0 Å². The monoisotopic (exact) mass is 269 g/mol. The lowest BCUT2D eigenvalue weighted by atomic mass is 10.0. The maximum atomic E-state index is 12.0. The second kappa shape index (κ2) is 6.85. The Morgan fingerprint density at radius 1 is 1.44 bits per heavy atom. The number of nitrogens with zero attached hydrogens (tertiary/aromatic N) is 1. The van der Waals surface area contributed by atoms with Crippen LogP contribution in [0.15, 0.2) is 0 Å². The molecule has 1 heterocycles. The third kappa shape index (κ3) is 4.07. The van der Waals surface area contributed by atoms with Gasteiger partial charge in [0.2, 0.25) is 5.91 Å². The molecule has 0 saturated carbocycles. The summed E-state index contributed by atoms with van der Waals surface area (Å²) in [4.78, 5) is 17.5. The Bertz CT molecular complexity index is 403. The summed E-state index contributed by atoms with van der Waals surface area (Å²) in [7, 11) is 0. The molecule has 0 saturated heterocycles. The molecule has 0 spiro atoms. The molecule has 102 valence electrons. The van der Waals surface area contributed by atoms with Gasteiger partial charge in [-0.3, -0.25) is 4.79 Å². The van der Waals surface area contributed by atoms with Crippen LogP contribution in [0.4, 0.5) is 0 Å². The molecule has 2 unspecified atom stereocenters. The first-order chi connectivity index (χ1) is 8.45. The molecule has 1 amide bonds. The number of nitrogens with two attached hydrogens (primary N) is 1. The number of amides is 1. The molecule has 1 aromatic rings. The van der Waals surface area contributed by atoms with Gasteiger partial charge in [0.15, 0.2) is 0 Å². The third-order valence-electron chi connectivity index (χ3n) is 2.98. The predicted octanol–water partition coefficient (Wildman–Crippen LogP) is 2.31. The molecule has 1 rings (SSSR count). The molecule has 0 radical (unpaired) electrons. The highest BCUT2D eigenvalue weighted by Crippen LogP contribution is 2.24. The van der Waals surface area contributed by atoms with Crippen LogP contribution in [0.5, 0.6) is 0 Å². The van der Waals surface area contributed by atoms with Gasteiger partial charge in [0.1, 0.15) is 0 Å². The Morgan fingerprint density at radius 2 is 2.11 bits per heavy atom. The van der Waals surface area contributed by atoms with E-state index in [2.05, 4.69) is 10.3 Å². The quantitative estimate of drug-likeness (QED) is 0.832. The van der Waals surface area contributed by atoms with E-state index in [0.29, 0.717) is 6.54 Å². The van der Waals surface area contributed by atoms with Crippen molar-refractivity contribution in [1.82, 2.24) is 10.3 Å². The minimum Gasteiger partial charge on any atom is -0.348 e. The Balaban J connectivity index is 2.56. The van der Waals surface area contributed by atoms with Gasteiger partial charge in [0.25, 0.3) is 0 Å². The van der Waals surface area contributed by atoms with Crippen molar-refractivity contribution in [2.45, 2.75) is 46.6 Å². The van der Waals surface area contributed by atoms with E-state index in [1.165, 1.54) is 0 Å². The summed E-state index contributed by atoms with van der Waals surface area (Å²) in [5.41, 5.74) is 6.47. The zero-order valence-corrected chi connectivity index (χ0v) is 12.4. The van der Waals surface area contributed by atoms with Gasteiger partial charge in [-0.05, 0) is 40.2 Å². The van der Waals surface area contributed by atoms with Crippen molar-refractivity contribution in [2.75, 3.05) is 6.54 Å². The second-order valence-corrected chi connectivity index (χ2v) is 5.98. The van der Waals surface area contributed by atoms with E-state index in [1.807, 2.05) is 27.7 Å². The molecule has 1 aromatic heterocycles. The zero-order valence-electron chi connectivity index (χ0n) is 11.6. The Hall–Kier alpha value is -0.940. The van der Waals surface area contributed by atoms with Crippen LogP contribution in [0.3, 0.4) is 0 Å². The number of carbonyl (C=O) groups excluding carboxylic acids is 1. The Labute approximate surface area is 113 Å². The van der Waals surface area contributed by atoms with E-state index < -0.39 is 0 Å². The Kier molecular flexibility index (Phi) is 5.75. The van der Waals surface area contributed by atoms with E-state index in [1.54, 1.807) is 11.3 Å². The number of aryl methyl sites for hydroxylation is 2. The lowest BCUT2D eigenvalue weighted by Gasteiger charge is -2.16. The highest BCUT2D eigenvalue weighted by molar-refractivity contribution is 7.11. The van der Waals surface area contributed by atoms with Crippen LogP contribution in [-0.4, -0.2) is 17.4 Å². The van der Waals surface area contributed by atoms with Crippen molar-refractivity contribution < 1.29 is 4.79 Å². The van der Waals surface area contributed by atoms with E-state index in [9.17, 15) is 4.79 Å². The summed E-state index contributed by atoms with van der Waals surface area (Å²) in [6.07, 6.45) is 1.73. The molecule has 0 aliphatic heterocycles. The van der Waals surface area contributed by atoms with E-state index in [4.69, 9.17) is 5.73 Å². The van der Waals surface area contributed by atoms with Crippen LogP contribution in [0.1, 0.15) is 48.3 Å². The van der Waals surface area contributed by atoms with Crippen LogP contribution < -0.4 is 11.1 Å². The van der Waals surface area contributed by atoms with Gasteiger partial charge in [-0.1, -0.05) is 6.92 Å². The first-order valence-electron chi connectivity index (χ1n) is 6.40. The van der Waals surface area contributed by atoms with Crippen LogP contribution >= 0.6 is 11.3 Å². The van der Waals surface area contributed by atoms with Crippen molar-refractivity contribution in [3.63, 3.8) is 0 Å². The third-order valence-corrected chi connectivity index (χ3v) is 4.24. The molecule has 4 nitrogen and oxygen atoms in total. The minimum absolute atomic E-state index is 0.0188. The zero-order chi connectivity index (χ0) is 13.7. The molecule has 2 atom stereocenters. The molecular formula is C13H23N3OS. The fourth-order valence-electron chi connectivity index (χ4n) is 1.93. The predicted molar refractivity (Wildman–Crippen MR) is 75.6 cm³/mol. The number of carbonyl (C=O) groups is 1. The molecule has 3 N–H and O–H groups in total. The molecule has 0 fully saturated rings. The topological polar surface area (TPSA) is 68.0 Å². The number of thiazole rings is 1. The summed E-state index contributed by atoms with van der Waals surface area (Å²) in [6.45, 7) is 8.56. The summed E-state index contributed by atoms with van der Waals surface area (Å²) in [5, 5.41) is 4.09. The van der Waals surface area contributed by atoms with Crippen LogP contribution in [0.25, 0.3) is 0 Å². The van der Waals surface area contributed by atoms with Crippen LogP contribution in [-0.2, 0) is 4.79 Å². The SMILES string of the molecule is Cc1nc(C)c(C(C)NC(=O)C(C)CCCN)s1. The second-order valence-electron chi connectivity index (χ2n) is 4.74. The summed E-state index contributed by atoms with van der Waals surface area (Å²) in [5.74, 6) is 0.117. The van der Waals surface area contributed by atoms with E-state index in [0.717, 1.165) is 28.4 Å². The van der Waals surface area contributed by atoms with Gasteiger partial charge < -0.3 is 11.1 Å². The number of hydrogen-bond acceptors (Lipinski definition) is 4. The van der Waals surface area contributed by atoms with Crippen molar-refractivity contribution in [3.05, 3.63) is 15.6 Å². The lowest BCUT2D eigenvalue weighted by Crippen LogP contribution is -2.31. The number of aromatic nitrogens is 1. The first kappa shape index (κ1) is 15.1. The first-order valence-corrected chi connectivity index (χ1v) is 7.21. The van der Waals surface area contributed by atoms with Gasteiger partial charge >= 0.3 is 0 Å². The molecule has 0 aromatic carbocycles. The molecule has 0 bridgehead atoms. The normalized spacial score (nSPS) is 14.3. The number of rotatable bonds is 6. The van der Waals surface area contributed by atoms with Crippen molar-refractivity contribution in [2.24, 2.45) is 11.7 Å². The number of nitrogens with one attached hydrogen (secondary N) is 1. The van der Waals surface area contributed by atoms with Gasteiger partial charge in [-0.2, -0.15) is 0 Å². The molecule has 0 aliphatic carbocycles. The molecule has 5 heteroatoms. The summed E-state index contributed by atoms with van der Waals surface area (Å²) in [6, 6.07) is 0.0315. The van der Waals surface area contributed by atoms with Crippen molar-refractivity contribution >= 4 is 17.2 Å². The fraction of sp³-hybridized carbons (Fsp3) is 0.692. The molecular weight excluding hydrogens is 246 g/mol. The van der Waals surface area contributed by atoms with E-state index >= 15 is 0 Å². The average molecular weight is 269 g/mol. The average Bonchev–Trinajstić information content (AvgIpc) is 2.65. The van der Waals surface area contributed by atoms with Gasteiger partial charge in [-0.15, -0.1) is 11.3 Å². The molecule has 0 aliphatic rings. The van der Waals surface area contributed by atoms with Gasteiger partial charge in [0.05, 0.1) is 16.7 Å². The summed E-state index contributed by atoms with van der Waals surface area (Å²) < 4.78 is 0. The lowest BCUT2D eigenvalue weighted by molar-refractivity contribution is -0.125. The maximum Gasteiger partial charge on any atom is 0.223 e. The smallest absolute Gasteiger partial charge is 0.223 e. The fourth-order valence-corrected chi connectivity index (χ4v) is 2.86. The summed E-state index contributed by atoms with van der Waals surface area (Å²) >= 11 is 1.65. The highest BCUT2D eigenvalue weighted by Gasteiger charge is 2.18. The standard InChI is InChI=1S/C13H23N3OS/c1-8(6-5-7-14)13(17)16-10(3)12-9(2)15-11(4)18-12/h8,10H,5-7,14H2,1-4H3,(H,16,17). The van der Waals surface area contributed by atoms with Gasteiger partial charge in [0, 0.05) is 10.8 Å². The Morgan fingerprint density at radius 3 is 2.61 bits per heavy atom. The van der Waals surface area contributed by atoms with Crippen LogP contribution in [0, 0.1) is 19.8 Å². The highest BCUT2D eigenvalue weighted by atomic mass is 32.1. The largest absolute Gasteiger partial charge is 0.348 e. The van der Waals surface area contributed by atoms with Crippen molar-refractivity contribution in [1.29, 1.82) is 0 Å². The maximum absolute atomic E-state index is 12.0. The molecule has 18 heavy (non-hydrogen) atoms. The van der Waals surface area contributed by atoms with Crippen LogP contribution in [0.2, 0.25) is 0 Å².